The number of para-hydroxylation sites is 1. The number of rotatable bonds is 5. The van der Waals surface area contributed by atoms with Crippen LogP contribution in [0.4, 0.5) is 5.69 Å². The fraction of sp³-hybridized carbons (Fsp3) is 0.0435. The standard InChI is InChI=1S/C23H16ClNO3S/c1-28-16-13-11-15(12-14-16)20-21(29-17-7-3-2-4-8-17)23(27)25(22(20)26)19-10-6-5-9-18(19)24/h2-14H,1H3. The average Bonchev–Trinajstić information content (AvgIpc) is 2.99. The largest absolute Gasteiger partial charge is 0.497 e. The third-order valence-corrected chi connectivity index (χ3v) is 5.89. The van der Waals surface area contributed by atoms with Crippen LogP contribution in [0.25, 0.3) is 5.57 Å². The number of hydrogen-bond donors (Lipinski definition) is 0. The number of carbonyl (C=O) groups excluding carboxylic acids is 2. The number of imide groups is 1. The zero-order valence-electron chi connectivity index (χ0n) is 15.5. The van der Waals surface area contributed by atoms with Crippen molar-refractivity contribution in [3.8, 4) is 5.75 Å². The highest BCUT2D eigenvalue weighted by atomic mass is 35.5. The summed E-state index contributed by atoms with van der Waals surface area (Å²) in [6.45, 7) is 0. The van der Waals surface area contributed by atoms with Gasteiger partial charge in [-0.25, -0.2) is 4.90 Å². The van der Waals surface area contributed by atoms with Crippen molar-refractivity contribution in [1.29, 1.82) is 0 Å². The Bertz CT molecular complexity index is 1110. The summed E-state index contributed by atoms with van der Waals surface area (Å²) in [4.78, 5) is 29.1. The quantitative estimate of drug-likeness (QED) is 0.515. The maximum Gasteiger partial charge on any atom is 0.272 e. The zero-order valence-corrected chi connectivity index (χ0v) is 17.0. The summed E-state index contributed by atoms with van der Waals surface area (Å²) in [5.74, 6) is -0.110. The second-order valence-corrected chi connectivity index (χ2v) is 7.74. The van der Waals surface area contributed by atoms with Gasteiger partial charge in [0.05, 0.1) is 28.3 Å². The van der Waals surface area contributed by atoms with Gasteiger partial charge in [0.15, 0.2) is 0 Å². The first kappa shape index (κ1) is 19.3. The number of ether oxygens (including phenoxy) is 1. The van der Waals surface area contributed by atoms with E-state index in [1.165, 1.54) is 11.8 Å². The molecule has 0 saturated heterocycles. The minimum absolute atomic E-state index is 0.342. The first-order valence-electron chi connectivity index (χ1n) is 8.85. The van der Waals surface area contributed by atoms with Gasteiger partial charge in [-0.05, 0) is 42.0 Å². The molecule has 3 aromatic rings. The molecule has 0 saturated carbocycles. The lowest BCUT2D eigenvalue weighted by Gasteiger charge is -2.16. The van der Waals surface area contributed by atoms with E-state index in [9.17, 15) is 9.59 Å². The van der Waals surface area contributed by atoms with Gasteiger partial charge in [0.25, 0.3) is 11.8 Å². The van der Waals surface area contributed by atoms with Crippen molar-refractivity contribution in [3.05, 3.63) is 94.4 Å². The normalized spacial score (nSPS) is 13.9. The smallest absolute Gasteiger partial charge is 0.272 e. The van der Waals surface area contributed by atoms with Crippen LogP contribution in [0, 0.1) is 0 Å². The maximum atomic E-state index is 13.4. The Kier molecular flexibility index (Phi) is 5.43. The van der Waals surface area contributed by atoms with Crippen LogP contribution in [0.5, 0.6) is 5.75 Å². The van der Waals surface area contributed by atoms with Gasteiger partial charge in [-0.1, -0.05) is 65.8 Å². The van der Waals surface area contributed by atoms with Crippen molar-refractivity contribution in [1.82, 2.24) is 0 Å². The van der Waals surface area contributed by atoms with Crippen LogP contribution in [0.2, 0.25) is 5.02 Å². The molecule has 0 spiro atoms. The van der Waals surface area contributed by atoms with E-state index in [0.717, 1.165) is 9.80 Å². The molecule has 0 aromatic heterocycles. The second-order valence-electron chi connectivity index (χ2n) is 6.24. The highest BCUT2D eigenvalue weighted by molar-refractivity contribution is 8.04. The molecular formula is C23H16ClNO3S. The molecule has 3 aromatic carbocycles. The van der Waals surface area contributed by atoms with Crippen LogP contribution in [0.15, 0.2) is 88.7 Å². The van der Waals surface area contributed by atoms with Crippen molar-refractivity contribution >= 4 is 46.4 Å². The minimum Gasteiger partial charge on any atom is -0.497 e. The van der Waals surface area contributed by atoms with Crippen LogP contribution in [-0.4, -0.2) is 18.9 Å². The number of benzene rings is 3. The number of carbonyl (C=O) groups is 2. The lowest BCUT2D eigenvalue weighted by Crippen LogP contribution is -2.31. The molecule has 2 amide bonds. The van der Waals surface area contributed by atoms with E-state index >= 15 is 0 Å². The van der Waals surface area contributed by atoms with E-state index in [-0.39, 0.29) is 5.91 Å². The predicted molar refractivity (Wildman–Crippen MR) is 116 cm³/mol. The van der Waals surface area contributed by atoms with Gasteiger partial charge in [0, 0.05) is 4.90 Å². The molecule has 0 unspecified atom stereocenters. The van der Waals surface area contributed by atoms with Crippen molar-refractivity contribution in [3.63, 3.8) is 0 Å². The second kappa shape index (κ2) is 8.15. The molecule has 0 N–H and O–H groups in total. The summed E-state index contributed by atoms with van der Waals surface area (Å²) in [7, 11) is 1.58. The summed E-state index contributed by atoms with van der Waals surface area (Å²) in [5.41, 5.74) is 1.38. The fourth-order valence-electron chi connectivity index (χ4n) is 3.07. The van der Waals surface area contributed by atoms with E-state index in [4.69, 9.17) is 16.3 Å². The van der Waals surface area contributed by atoms with Crippen LogP contribution in [-0.2, 0) is 9.59 Å². The molecule has 0 atom stereocenters. The number of hydrogen-bond acceptors (Lipinski definition) is 4. The van der Waals surface area contributed by atoms with Gasteiger partial charge in [-0.2, -0.15) is 0 Å². The Morgan fingerprint density at radius 2 is 1.48 bits per heavy atom. The molecule has 1 aliphatic heterocycles. The maximum absolute atomic E-state index is 13.4. The van der Waals surface area contributed by atoms with Crippen molar-refractivity contribution < 1.29 is 14.3 Å². The Morgan fingerprint density at radius 3 is 2.14 bits per heavy atom. The Hall–Kier alpha value is -3.02. The van der Waals surface area contributed by atoms with Gasteiger partial charge in [-0.3, -0.25) is 9.59 Å². The topological polar surface area (TPSA) is 46.6 Å². The lowest BCUT2D eigenvalue weighted by atomic mass is 10.1. The summed E-state index contributed by atoms with van der Waals surface area (Å²) >= 11 is 7.56. The van der Waals surface area contributed by atoms with Gasteiger partial charge >= 0.3 is 0 Å². The lowest BCUT2D eigenvalue weighted by molar-refractivity contribution is -0.119. The number of halogens is 1. The molecule has 0 bridgehead atoms. The number of nitrogens with zero attached hydrogens (tertiary/aromatic N) is 1. The van der Waals surface area contributed by atoms with Crippen molar-refractivity contribution in [2.24, 2.45) is 0 Å². The van der Waals surface area contributed by atoms with Gasteiger partial charge in [0.1, 0.15) is 5.75 Å². The van der Waals surface area contributed by atoms with E-state index in [0.29, 0.717) is 32.5 Å². The SMILES string of the molecule is COc1ccc(C2=C(Sc3ccccc3)C(=O)N(c3ccccc3Cl)C2=O)cc1. The molecule has 6 heteroatoms. The predicted octanol–water partition coefficient (Wildman–Crippen LogP) is 5.43. The highest BCUT2D eigenvalue weighted by Gasteiger charge is 2.41. The number of amides is 2. The van der Waals surface area contributed by atoms with Gasteiger partial charge in [0.2, 0.25) is 0 Å². The molecule has 1 aliphatic rings. The number of methoxy groups -OCH3 is 1. The summed E-state index contributed by atoms with van der Waals surface area (Å²) in [6, 6.07) is 23.4. The van der Waals surface area contributed by atoms with E-state index in [2.05, 4.69) is 0 Å². The first-order chi connectivity index (χ1) is 14.1. The highest BCUT2D eigenvalue weighted by Crippen LogP contribution is 2.42. The van der Waals surface area contributed by atoms with Crippen LogP contribution >= 0.6 is 23.4 Å². The van der Waals surface area contributed by atoms with Crippen LogP contribution < -0.4 is 9.64 Å². The van der Waals surface area contributed by atoms with Crippen molar-refractivity contribution in [2.75, 3.05) is 12.0 Å². The van der Waals surface area contributed by atoms with E-state index in [1.807, 2.05) is 30.3 Å². The molecule has 0 aliphatic carbocycles. The molecule has 4 nitrogen and oxygen atoms in total. The summed E-state index contributed by atoms with van der Waals surface area (Å²) in [6.07, 6.45) is 0. The number of anilines is 1. The van der Waals surface area contributed by atoms with E-state index < -0.39 is 5.91 Å². The molecule has 0 fully saturated rings. The van der Waals surface area contributed by atoms with E-state index in [1.54, 1.807) is 55.6 Å². The Balaban J connectivity index is 1.83. The third-order valence-electron chi connectivity index (χ3n) is 4.48. The first-order valence-corrected chi connectivity index (χ1v) is 10.0. The summed E-state index contributed by atoms with van der Waals surface area (Å²) < 4.78 is 5.21. The van der Waals surface area contributed by atoms with Crippen LogP contribution in [0.1, 0.15) is 5.56 Å². The van der Waals surface area contributed by atoms with Crippen molar-refractivity contribution in [2.45, 2.75) is 4.90 Å². The van der Waals surface area contributed by atoms with Gasteiger partial charge < -0.3 is 4.74 Å². The average molecular weight is 422 g/mol. The molecular weight excluding hydrogens is 406 g/mol. The summed E-state index contributed by atoms with van der Waals surface area (Å²) in [5, 5.41) is 0.342. The van der Waals surface area contributed by atoms with Crippen LogP contribution in [0.3, 0.4) is 0 Å². The Morgan fingerprint density at radius 1 is 0.828 bits per heavy atom. The molecule has 1 heterocycles. The molecule has 0 radical (unpaired) electrons. The number of thioether (sulfide) groups is 1. The third kappa shape index (κ3) is 3.67. The Labute approximate surface area is 177 Å². The monoisotopic (exact) mass is 421 g/mol. The minimum atomic E-state index is -0.397. The molecule has 144 valence electrons. The fourth-order valence-corrected chi connectivity index (χ4v) is 4.31. The molecule has 29 heavy (non-hydrogen) atoms. The molecule has 4 rings (SSSR count). The zero-order chi connectivity index (χ0) is 20.4. The van der Waals surface area contributed by atoms with Gasteiger partial charge in [-0.15, -0.1) is 0 Å².